The van der Waals surface area contributed by atoms with Gasteiger partial charge in [-0.3, -0.25) is 4.79 Å². The van der Waals surface area contributed by atoms with Crippen LogP contribution in [0.5, 0.6) is 11.5 Å². The number of rotatable bonds is 5. The van der Waals surface area contributed by atoms with Gasteiger partial charge in [0, 0.05) is 11.8 Å². The molecular formula is C18H14ClFN2O3. The normalized spacial score (nSPS) is 10.8. The van der Waals surface area contributed by atoms with Crippen LogP contribution in [0.3, 0.4) is 0 Å². The summed E-state index contributed by atoms with van der Waals surface area (Å²) in [4.78, 5) is 12.3. The number of ether oxygens (including phenoxy) is 2. The molecule has 0 saturated carbocycles. The van der Waals surface area contributed by atoms with E-state index in [2.05, 4.69) is 5.32 Å². The maximum Gasteiger partial charge on any atom is 0.266 e. The van der Waals surface area contributed by atoms with Gasteiger partial charge in [0.25, 0.3) is 5.91 Å². The number of carbonyl (C=O) groups excluding carboxylic acids is 1. The van der Waals surface area contributed by atoms with Gasteiger partial charge in [0.2, 0.25) is 0 Å². The molecule has 0 aliphatic carbocycles. The van der Waals surface area contributed by atoms with Crippen molar-refractivity contribution in [3.63, 3.8) is 0 Å². The van der Waals surface area contributed by atoms with E-state index in [0.29, 0.717) is 17.1 Å². The first-order chi connectivity index (χ1) is 12.0. The Morgan fingerprint density at radius 3 is 2.36 bits per heavy atom. The summed E-state index contributed by atoms with van der Waals surface area (Å²) in [5.74, 6) is -0.201. The quantitative estimate of drug-likeness (QED) is 0.645. The molecule has 2 rings (SSSR count). The van der Waals surface area contributed by atoms with Gasteiger partial charge in [-0.15, -0.1) is 0 Å². The first kappa shape index (κ1) is 18.3. The summed E-state index contributed by atoms with van der Waals surface area (Å²) in [6.45, 7) is 0. The first-order valence-electron chi connectivity index (χ1n) is 7.08. The van der Waals surface area contributed by atoms with Crippen molar-refractivity contribution < 1.29 is 18.7 Å². The monoisotopic (exact) mass is 360 g/mol. The summed E-state index contributed by atoms with van der Waals surface area (Å²) in [7, 11) is 3.00. The molecule has 0 heterocycles. The number of halogens is 2. The van der Waals surface area contributed by atoms with Gasteiger partial charge in [-0.25, -0.2) is 4.39 Å². The van der Waals surface area contributed by atoms with Crippen LogP contribution in [0.25, 0.3) is 6.08 Å². The molecule has 0 unspecified atom stereocenters. The summed E-state index contributed by atoms with van der Waals surface area (Å²) in [6.07, 6.45) is 1.39. The largest absolute Gasteiger partial charge is 0.497 e. The number of nitrogens with one attached hydrogen (secondary N) is 1. The Hall–Kier alpha value is -3.04. The Morgan fingerprint density at radius 2 is 1.84 bits per heavy atom. The lowest BCUT2D eigenvalue weighted by Gasteiger charge is -2.07. The highest BCUT2D eigenvalue weighted by Gasteiger charge is 2.11. The van der Waals surface area contributed by atoms with Crippen LogP contribution in [0.1, 0.15) is 5.56 Å². The van der Waals surface area contributed by atoms with E-state index < -0.39 is 11.7 Å². The second-order valence-corrected chi connectivity index (χ2v) is 5.31. The lowest BCUT2D eigenvalue weighted by Crippen LogP contribution is -2.13. The summed E-state index contributed by atoms with van der Waals surface area (Å²) in [5, 5.41) is 11.6. The van der Waals surface area contributed by atoms with Gasteiger partial charge in [0.05, 0.1) is 19.2 Å². The topological polar surface area (TPSA) is 71.3 Å². The molecule has 1 amide bonds. The molecule has 2 aromatic carbocycles. The van der Waals surface area contributed by atoms with Crippen molar-refractivity contribution in [1.29, 1.82) is 5.26 Å². The summed E-state index contributed by atoms with van der Waals surface area (Å²) in [5.41, 5.74) is 0.691. The fourth-order valence-corrected chi connectivity index (χ4v) is 2.18. The maximum atomic E-state index is 13.2. The molecule has 5 nitrogen and oxygen atoms in total. The highest BCUT2D eigenvalue weighted by atomic mass is 35.5. The van der Waals surface area contributed by atoms with Gasteiger partial charge >= 0.3 is 0 Å². The highest BCUT2D eigenvalue weighted by molar-refractivity contribution is 6.31. The Balaban J connectivity index is 2.29. The van der Waals surface area contributed by atoms with Crippen molar-refractivity contribution in [1.82, 2.24) is 0 Å². The average Bonchev–Trinajstić information content (AvgIpc) is 2.62. The maximum absolute atomic E-state index is 13.2. The molecule has 0 aliphatic heterocycles. The molecule has 0 atom stereocenters. The van der Waals surface area contributed by atoms with Gasteiger partial charge in [-0.1, -0.05) is 11.6 Å². The number of anilines is 1. The molecular weight excluding hydrogens is 347 g/mol. The van der Waals surface area contributed by atoms with Gasteiger partial charge in [0.15, 0.2) is 0 Å². The molecule has 0 fully saturated rings. The van der Waals surface area contributed by atoms with Crippen LogP contribution in [0, 0.1) is 17.1 Å². The van der Waals surface area contributed by atoms with E-state index in [1.807, 2.05) is 6.07 Å². The van der Waals surface area contributed by atoms with Crippen molar-refractivity contribution in [3.05, 3.63) is 58.4 Å². The van der Waals surface area contributed by atoms with Crippen LogP contribution < -0.4 is 14.8 Å². The number of carbonyl (C=O) groups is 1. The van der Waals surface area contributed by atoms with Crippen LogP contribution in [-0.2, 0) is 4.79 Å². The number of nitrogens with zero attached hydrogens (tertiary/aromatic N) is 1. The zero-order valence-electron chi connectivity index (χ0n) is 13.5. The summed E-state index contributed by atoms with van der Waals surface area (Å²) < 4.78 is 23.5. The van der Waals surface area contributed by atoms with E-state index in [4.69, 9.17) is 21.1 Å². The average molecular weight is 361 g/mol. The van der Waals surface area contributed by atoms with E-state index >= 15 is 0 Å². The Bertz CT molecular complexity index is 853. The number of amides is 1. The first-order valence-corrected chi connectivity index (χ1v) is 7.46. The third kappa shape index (κ3) is 4.72. The fourth-order valence-electron chi connectivity index (χ4n) is 2.00. The van der Waals surface area contributed by atoms with Crippen LogP contribution in [-0.4, -0.2) is 20.1 Å². The standard InChI is InChI=1S/C18H14ClFN2O3/c1-24-14-6-11(7-15(9-14)25-2)5-12(10-21)18(23)22-13-3-4-17(20)16(19)8-13/h3-9H,1-2H3,(H,22,23)/b12-5+. The number of nitriles is 1. The van der Waals surface area contributed by atoms with Crippen LogP contribution >= 0.6 is 11.6 Å². The van der Waals surface area contributed by atoms with Crippen molar-refractivity contribution in [2.45, 2.75) is 0 Å². The molecule has 2 aromatic rings. The van der Waals surface area contributed by atoms with Crippen LogP contribution in [0.4, 0.5) is 10.1 Å². The lowest BCUT2D eigenvalue weighted by atomic mass is 10.1. The number of benzene rings is 2. The predicted molar refractivity (Wildman–Crippen MR) is 93.2 cm³/mol. The zero-order valence-corrected chi connectivity index (χ0v) is 14.2. The third-order valence-corrected chi connectivity index (χ3v) is 3.52. The van der Waals surface area contributed by atoms with Crippen molar-refractivity contribution >= 4 is 29.3 Å². The molecule has 0 bridgehead atoms. The Labute approximate surface area is 149 Å². The Kier molecular flexibility index (Phi) is 5.98. The minimum atomic E-state index is -0.646. The van der Waals surface area contributed by atoms with Gasteiger partial charge in [-0.2, -0.15) is 5.26 Å². The van der Waals surface area contributed by atoms with Crippen molar-refractivity contribution in [3.8, 4) is 17.6 Å². The van der Waals surface area contributed by atoms with E-state index in [1.54, 1.807) is 18.2 Å². The SMILES string of the molecule is COc1cc(/C=C(\C#N)C(=O)Nc2ccc(F)c(Cl)c2)cc(OC)c1. The minimum absolute atomic E-state index is 0.127. The smallest absolute Gasteiger partial charge is 0.266 e. The number of hydrogen-bond donors (Lipinski definition) is 1. The lowest BCUT2D eigenvalue weighted by molar-refractivity contribution is -0.112. The van der Waals surface area contributed by atoms with Crippen molar-refractivity contribution in [2.24, 2.45) is 0 Å². The summed E-state index contributed by atoms with van der Waals surface area (Å²) in [6, 6.07) is 10.5. The molecule has 128 valence electrons. The molecule has 0 aliphatic rings. The molecule has 25 heavy (non-hydrogen) atoms. The fraction of sp³-hybridized carbons (Fsp3) is 0.111. The Morgan fingerprint density at radius 1 is 1.20 bits per heavy atom. The third-order valence-electron chi connectivity index (χ3n) is 3.23. The van der Waals surface area contributed by atoms with E-state index in [9.17, 15) is 14.4 Å². The predicted octanol–water partition coefficient (Wildman–Crippen LogP) is 4.04. The van der Waals surface area contributed by atoms with Crippen LogP contribution in [0.2, 0.25) is 5.02 Å². The number of hydrogen-bond acceptors (Lipinski definition) is 4. The minimum Gasteiger partial charge on any atom is -0.497 e. The summed E-state index contributed by atoms with van der Waals surface area (Å²) >= 11 is 5.67. The molecule has 7 heteroatoms. The number of methoxy groups -OCH3 is 2. The second kappa shape index (κ2) is 8.18. The van der Waals surface area contributed by atoms with Gasteiger partial charge in [0.1, 0.15) is 29.0 Å². The van der Waals surface area contributed by atoms with E-state index in [1.165, 1.54) is 32.4 Å². The molecule has 0 saturated heterocycles. The van der Waals surface area contributed by atoms with Crippen molar-refractivity contribution in [2.75, 3.05) is 19.5 Å². The second-order valence-electron chi connectivity index (χ2n) is 4.90. The van der Waals surface area contributed by atoms with E-state index in [0.717, 1.165) is 6.07 Å². The highest BCUT2D eigenvalue weighted by Crippen LogP contribution is 2.24. The molecule has 0 radical (unpaired) electrons. The van der Waals surface area contributed by atoms with Gasteiger partial charge < -0.3 is 14.8 Å². The molecule has 0 spiro atoms. The zero-order chi connectivity index (χ0) is 18.4. The van der Waals surface area contributed by atoms with Crippen LogP contribution in [0.15, 0.2) is 42.0 Å². The van der Waals surface area contributed by atoms with E-state index in [-0.39, 0.29) is 16.3 Å². The van der Waals surface area contributed by atoms with Gasteiger partial charge in [-0.05, 0) is 42.0 Å². The molecule has 0 aromatic heterocycles. The molecule has 1 N–H and O–H groups in total.